The second-order valence-corrected chi connectivity index (χ2v) is 5.38. The van der Waals surface area contributed by atoms with E-state index in [0.717, 1.165) is 6.07 Å². The lowest BCUT2D eigenvalue weighted by atomic mass is 10.3. The quantitative estimate of drug-likeness (QED) is 0.798. The molecule has 0 aliphatic rings. The van der Waals surface area contributed by atoms with Crippen LogP contribution in [0.4, 0.5) is 10.1 Å². The Morgan fingerprint density at radius 1 is 1.35 bits per heavy atom. The Kier molecular flexibility index (Phi) is 3.87. The molecule has 6 nitrogen and oxygen atoms in total. The molecule has 0 unspecified atom stereocenters. The zero-order valence-electron chi connectivity index (χ0n) is 12.1. The molecule has 0 radical (unpaired) electrons. The summed E-state index contributed by atoms with van der Waals surface area (Å²) in [5, 5.41) is 2.49. The first-order valence-corrected chi connectivity index (χ1v) is 7.09. The maximum Gasteiger partial charge on any atom is 0.329 e. The molecule has 1 N–H and O–H groups in total. The maximum atomic E-state index is 13.1. The molecule has 2 heterocycles. The molecule has 23 heavy (non-hydrogen) atoms. The molecule has 0 saturated heterocycles. The Labute approximate surface area is 135 Å². The molecule has 1 aromatic carbocycles. The van der Waals surface area contributed by atoms with Gasteiger partial charge < -0.3 is 5.32 Å². The van der Waals surface area contributed by atoms with Crippen LogP contribution >= 0.6 is 11.6 Å². The number of fused-ring (bicyclic) bond motifs is 1. The number of aromatic nitrogens is 3. The van der Waals surface area contributed by atoms with E-state index in [2.05, 4.69) is 10.3 Å². The van der Waals surface area contributed by atoms with Gasteiger partial charge in [0.05, 0.1) is 22.3 Å². The Balaban J connectivity index is 1.87. The van der Waals surface area contributed by atoms with Crippen LogP contribution in [0.15, 0.2) is 41.5 Å². The summed E-state index contributed by atoms with van der Waals surface area (Å²) in [6.07, 6.45) is 3.10. The van der Waals surface area contributed by atoms with E-state index in [-0.39, 0.29) is 17.3 Å². The summed E-state index contributed by atoms with van der Waals surface area (Å²) < 4.78 is 15.9. The first-order valence-electron chi connectivity index (χ1n) is 6.71. The van der Waals surface area contributed by atoms with Gasteiger partial charge in [-0.3, -0.25) is 18.9 Å². The number of carbonyl (C=O) groups excluding carboxylic acids is 1. The number of amides is 1. The lowest BCUT2D eigenvalue weighted by Crippen LogP contribution is -2.28. The van der Waals surface area contributed by atoms with Crippen molar-refractivity contribution < 1.29 is 9.18 Å². The van der Waals surface area contributed by atoms with E-state index in [1.54, 1.807) is 19.3 Å². The molecule has 2 aromatic heterocycles. The second-order valence-electron chi connectivity index (χ2n) is 4.97. The Bertz CT molecular complexity index is 964. The number of anilines is 1. The van der Waals surface area contributed by atoms with Gasteiger partial charge in [0.25, 0.3) is 0 Å². The van der Waals surface area contributed by atoms with Crippen LogP contribution in [-0.2, 0) is 18.4 Å². The van der Waals surface area contributed by atoms with Crippen LogP contribution in [0, 0.1) is 5.82 Å². The van der Waals surface area contributed by atoms with Crippen molar-refractivity contribution in [2.75, 3.05) is 5.32 Å². The number of rotatable bonds is 3. The molecular weight excluding hydrogens is 323 g/mol. The highest BCUT2D eigenvalue weighted by Gasteiger charge is 2.14. The van der Waals surface area contributed by atoms with E-state index < -0.39 is 11.7 Å². The van der Waals surface area contributed by atoms with Crippen molar-refractivity contribution in [3.8, 4) is 0 Å². The summed E-state index contributed by atoms with van der Waals surface area (Å²) in [4.78, 5) is 28.3. The molecule has 1 amide bonds. The van der Waals surface area contributed by atoms with Crippen molar-refractivity contribution >= 4 is 34.2 Å². The number of aryl methyl sites for hydroxylation is 1. The normalized spacial score (nSPS) is 10.9. The summed E-state index contributed by atoms with van der Waals surface area (Å²) in [7, 11) is 1.62. The summed E-state index contributed by atoms with van der Waals surface area (Å²) in [6, 6.07) is 5.56. The van der Waals surface area contributed by atoms with Crippen LogP contribution in [0.1, 0.15) is 0 Å². The number of nitrogens with zero attached hydrogens (tertiary/aromatic N) is 3. The van der Waals surface area contributed by atoms with E-state index in [1.807, 2.05) is 0 Å². The van der Waals surface area contributed by atoms with Gasteiger partial charge in [0, 0.05) is 18.9 Å². The SMILES string of the molecule is Cn1c(=O)n(CC(=O)Nc2ccc(F)c(Cl)c2)c2cnccc21. The molecule has 0 aliphatic heterocycles. The number of halogens is 2. The van der Waals surface area contributed by atoms with Gasteiger partial charge in [-0.25, -0.2) is 9.18 Å². The highest BCUT2D eigenvalue weighted by atomic mass is 35.5. The van der Waals surface area contributed by atoms with Crippen molar-refractivity contribution in [1.82, 2.24) is 14.1 Å². The summed E-state index contributed by atoms with van der Waals surface area (Å²) in [6.45, 7) is -0.184. The molecule has 3 aromatic rings. The standard InChI is InChI=1S/C15H12ClFN4O2/c1-20-12-4-5-18-7-13(12)21(15(20)23)8-14(22)19-9-2-3-11(17)10(16)6-9/h2-7H,8H2,1H3,(H,19,22). The van der Waals surface area contributed by atoms with Gasteiger partial charge in [0.15, 0.2) is 0 Å². The molecular formula is C15H12ClFN4O2. The van der Waals surface area contributed by atoms with Crippen molar-refractivity contribution in [1.29, 1.82) is 0 Å². The zero-order chi connectivity index (χ0) is 16.6. The average Bonchev–Trinajstić information content (AvgIpc) is 2.76. The Morgan fingerprint density at radius 3 is 2.87 bits per heavy atom. The Hall–Kier alpha value is -2.67. The number of benzene rings is 1. The van der Waals surface area contributed by atoms with Gasteiger partial charge in [0.1, 0.15) is 12.4 Å². The molecule has 0 bridgehead atoms. The van der Waals surface area contributed by atoms with E-state index in [4.69, 9.17) is 11.6 Å². The van der Waals surface area contributed by atoms with Gasteiger partial charge in [-0.1, -0.05) is 11.6 Å². The average molecular weight is 335 g/mol. The zero-order valence-corrected chi connectivity index (χ0v) is 12.8. The summed E-state index contributed by atoms with van der Waals surface area (Å²) in [5.41, 5.74) is 1.28. The number of carbonyl (C=O) groups is 1. The maximum absolute atomic E-state index is 13.1. The fourth-order valence-electron chi connectivity index (χ4n) is 2.33. The Morgan fingerprint density at radius 2 is 2.13 bits per heavy atom. The van der Waals surface area contributed by atoms with E-state index in [0.29, 0.717) is 16.7 Å². The fraction of sp³-hybridized carbons (Fsp3) is 0.133. The van der Waals surface area contributed by atoms with Crippen molar-refractivity contribution in [2.24, 2.45) is 7.05 Å². The molecule has 118 valence electrons. The number of nitrogens with one attached hydrogen (secondary N) is 1. The number of imidazole rings is 1. The van der Waals surface area contributed by atoms with Crippen LogP contribution in [0.5, 0.6) is 0 Å². The molecule has 3 rings (SSSR count). The number of hydrogen-bond acceptors (Lipinski definition) is 3. The van der Waals surface area contributed by atoms with Crippen LogP contribution < -0.4 is 11.0 Å². The molecule has 0 aliphatic carbocycles. The van der Waals surface area contributed by atoms with E-state index >= 15 is 0 Å². The predicted octanol–water partition coefficient (Wildman–Crippen LogP) is 2.17. The minimum absolute atomic E-state index is 0.0886. The molecule has 0 spiro atoms. The third-order valence-electron chi connectivity index (χ3n) is 3.45. The number of pyridine rings is 1. The fourth-order valence-corrected chi connectivity index (χ4v) is 2.51. The lowest BCUT2D eigenvalue weighted by molar-refractivity contribution is -0.116. The van der Waals surface area contributed by atoms with Gasteiger partial charge in [0.2, 0.25) is 5.91 Å². The predicted molar refractivity (Wildman–Crippen MR) is 85.0 cm³/mol. The third-order valence-corrected chi connectivity index (χ3v) is 3.74. The highest BCUT2D eigenvalue weighted by molar-refractivity contribution is 6.31. The van der Waals surface area contributed by atoms with Crippen LogP contribution in [0.25, 0.3) is 11.0 Å². The molecule has 0 fully saturated rings. The van der Waals surface area contributed by atoms with Gasteiger partial charge >= 0.3 is 5.69 Å². The first-order chi connectivity index (χ1) is 11.0. The van der Waals surface area contributed by atoms with Crippen LogP contribution in [0.2, 0.25) is 5.02 Å². The third kappa shape index (κ3) is 2.83. The topological polar surface area (TPSA) is 68.9 Å². The van der Waals surface area contributed by atoms with Crippen molar-refractivity contribution in [3.05, 3.63) is 58.0 Å². The lowest BCUT2D eigenvalue weighted by Gasteiger charge is -2.07. The largest absolute Gasteiger partial charge is 0.329 e. The van der Waals surface area contributed by atoms with Crippen LogP contribution in [0.3, 0.4) is 0 Å². The minimum atomic E-state index is -0.569. The molecule has 0 saturated carbocycles. The van der Waals surface area contributed by atoms with Crippen molar-refractivity contribution in [3.63, 3.8) is 0 Å². The van der Waals surface area contributed by atoms with Gasteiger partial charge in [-0.05, 0) is 24.3 Å². The highest BCUT2D eigenvalue weighted by Crippen LogP contribution is 2.19. The van der Waals surface area contributed by atoms with E-state index in [9.17, 15) is 14.0 Å². The summed E-state index contributed by atoms with van der Waals surface area (Å²) >= 11 is 5.67. The first kappa shape index (κ1) is 15.2. The second kappa shape index (κ2) is 5.85. The van der Waals surface area contributed by atoms with Crippen LogP contribution in [-0.4, -0.2) is 20.0 Å². The minimum Gasteiger partial charge on any atom is -0.324 e. The van der Waals surface area contributed by atoms with E-state index in [1.165, 1.54) is 27.5 Å². The van der Waals surface area contributed by atoms with Gasteiger partial charge in [-0.2, -0.15) is 0 Å². The number of hydrogen-bond donors (Lipinski definition) is 1. The smallest absolute Gasteiger partial charge is 0.324 e. The molecule has 0 atom stereocenters. The monoisotopic (exact) mass is 334 g/mol. The molecule has 8 heteroatoms. The van der Waals surface area contributed by atoms with Gasteiger partial charge in [-0.15, -0.1) is 0 Å². The van der Waals surface area contributed by atoms with Crippen molar-refractivity contribution in [2.45, 2.75) is 6.54 Å². The summed E-state index contributed by atoms with van der Waals surface area (Å²) in [5.74, 6) is -0.993.